The van der Waals surface area contributed by atoms with Gasteiger partial charge in [-0.2, -0.15) is 0 Å². The van der Waals surface area contributed by atoms with Crippen molar-refractivity contribution in [2.45, 2.75) is 20.3 Å². The van der Waals surface area contributed by atoms with E-state index in [9.17, 15) is 0 Å². The molecule has 0 amide bonds. The second-order valence-electron chi connectivity index (χ2n) is 2.99. The van der Waals surface area contributed by atoms with Crippen molar-refractivity contribution in [1.29, 1.82) is 0 Å². The highest BCUT2D eigenvalue weighted by Crippen LogP contribution is 2.10. The first-order chi connectivity index (χ1) is 6.81. The van der Waals surface area contributed by atoms with Crippen LogP contribution in [0, 0.1) is 0 Å². The van der Waals surface area contributed by atoms with Gasteiger partial charge in [0, 0.05) is 30.7 Å². The molecule has 0 aromatic carbocycles. The van der Waals surface area contributed by atoms with Gasteiger partial charge in [0.2, 0.25) is 0 Å². The van der Waals surface area contributed by atoms with Crippen LogP contribution in [0.15, 0.2) is 12.4 Å². The number of rotatable bonds is 5. The Bertz CT molecular complexity index is 278. The monoisotopic (exact) mass is 213 g/mol. The molecule has 0 atom stereocenters. The second kappa shape index (κ2) is 5.81. The summed E-state index contributed by atoms with van der Waals surface area (Å²) < 4.78 is 0. The average molecular weight is 214 g/mol. The Labute approximate surface area is 90.1 Å². The van der Waals surface area contributed by atoms with Gasteiger partial charge >= 0.3 is 0 Å². The molecule has 0 saturated heterocycles. The van der Waals surface area contributed by atoms with Crippen molar-refractivity contribution in [3.8, 4) is 0 Å². The summed E-state index contributed by atoms with van der Waals surface area (Å²) in [6.07, 6.45) is 2.55. The molecule has 0 spiro atoms. The molecule has 0 aliphatic heterocycles. The number of aryl methyl sites for hydroxylation is 1. The summed E-state index contributed by atoms with van der Waals surface area (Å²) in [4.78, 5) is 10.5. The van der Waals surface area contributed by atoms with Gasteiger partial charge in [-0.1, -0.05) is 6.92 Å². The van der Waals surface area contributed by atoms with Crippen molar-refractivity contribution in [2.75, 3.05) is 23.9 Å². The number of hydrogen-bond acceptors (Lipinski definition) is 3. The molecule has 0 unspecified atom stereocenters. The van der Waals surface area contributed by atoms with E-state index in [0.717, 1.165) is 31.0 Å². The Balaban J connectivity index is 2.80. The van der Waals surface area contributed by atoms with Crippen LogP contribution in [0.2, 0.25) is 0 Å². The smallest absolute Gasteiger partial charge is 0.132 e. The standard InChI is InChI=1S/C10H16ClN3/c1-3-9-7-10(13-8-12-9)14(4-2)6-5-11/h7-8H,3-6H2,1-2H3. The van der Waals surface area contributed by atoms with Crippen LogP contribution in [0.25, 0.3) is 0 Å². The van der Waals surface area contributed by atoms with E-state index in [1.54, 1.807) is 6.33 Å². The third-order valence-electron chi connectivity index (χ3n) is 2.13. The van der Waals surface area contributed by atoms with Crippen LogP contribution in [0.5, 0.6) is 0 Å². The molecule has 4 heteroatoms. The lowest BCUT2D eigenvalue weighted by Crippen LogP contribution is -2.26. The van der Waals surface area contributed by atoms with Gasteiger partial charge in [0.05, 0.1) is 0 Å². The lowest BCUT2D eigenvalue weighted by Gasteiger charge is -2.20. The number of alkyl halides is 1. The van der Waals surface area contributed by atoms with Crippen molar-refractivity contribution < 1.29 is 0 Å². The highest BCUT2D eigenvalue weighted by atomic mass is 35.5. The molecule has 0 bridgehead atoms. The molecule has 0 aliphatic carbocycles. The van der Waals surface area contributed by atoms with Crippen molar-refractivity contribution >= 4 is 17.4 Å². The number of anilines is 1. The minimum absolute atomic E-state index is 0.624. The first-order valence-corrected chi connectivity index (χ1v) is 5.47. The van der Waals surface area contributed by atoms with Crippen LogP contribution in [-0.2, 0) is 6.42 Å². The van der Waals surface area contributed by atoms with Gasteiger partial charge in [0.15, 0.2) is 0 Å². The van der Waals surface area contributed by atoms with Gasteiger partial charge in [-0.15, -0.1) is 11.6 Å². The van der Waals surface area contributed by atoms with Gasteiger partial charge in [0.1, 0.15) is 12.1 Å². The van der Waals surface area contributed by atoms with Crippen molar-refractivity contribution in [3.63, 3.8) is 0 Å². The molecule has 1 heterocycles. The third-order valence-corrected chi connectivity index (χ3v) is 2.30. The van der Waals surface area contributed by atoms with Crippen LogP contribution in [0.1, 0.15) is 19.5 Å². The number of nitrogens with zero attached hydrogens (tertiary/aromatic N) is 3. The fourth-order valence-corrected chi connectivity index (χ4v) is 1.49. The highest BCUT2D eigenvalue weighted by Gasteiger charge is 2.05. The third kappa shape index (κ3) is 2.84. The van der Waals surface area contributed by atoms with Crippen LogP contribution in [-0.4, -0.2) is 28.9 Å². The van der Waals surface area contributed by atoms with E-state index in [1.165, 1.54) is 0 Å². The summed E-state index contributed by atoms with van der Waals surface area (Å²) in [6.45, 7) is 5.94. The maximum absolute atomic E-state index is 5.71. The number of aromatic nitrogens is 2. The molecule has 0 saturated carbocycles. The zero-order valence-electron chi connectivity index (χ0n) is 8.70. The predicted octanol–water partition coefficient (Wildman–Crippen LogP) is 2.10. The van der Waals surface area contributed by atoms with E-state index in [4.69, 9.17) is 11.6 Å². The van der Waals surface area contributed by atoms with Crippen LogP contribution >= 0.6 is 11.6 Å². The zero-order valence-corrected chi connectivity index (χ0v) is 9.46. The molecule has 0 fully saturated rings. The summed E-state index contributed by atoms with van der Waals surface area (Å²) in [5, 5.41) is 0. The summed E-state index contributed by atoms with van der Waals surface area (Å²) in [7, 11) is 0. The maximum atomic E-state index is 5.71. The van der Waals surface area contributed by atoms with Crippen LogP contribution in [0.4, 0.5) is 5.82 Å². The normalized spacial score (nSPS) is 10.2. The van der Waals surface area contributed by atoms with Crippen LogP contribution in [0.3, 0.4) is 0 Å². The second-order valence-corrected chi connectivity index (χ2v) is 3.37. The first-order valence-electron chi connectivity index (χ1n) is 4.93. The summed E-state index contributed by atoms with van der Waals surface area (Å²) in [6, 6.07) is 2.02. The minimum atomic E-state index is 0.624. The van der Waals surface area contributed by atoms with Gasteiger partial charge in [-0.3, -0.25) is 0 Å². The molecule has 3 nitrogen and oxygen atoms in total. The van der Waals surface area contributed by atoms with Gasteiger partial charge in [0.25, 0.3) is 0 Å². The molecule has 0 aliphatic rings. The van der Waals surface area contributed by atoms with E-state index in [0.29, 0.717) is 5.88 Å². The lowest BCUT2D eigenvalue weighted by molar-refractivity contribution is 0.837. The Hall–Kier alpha value is -0.830. The van der Waals surface area contributed by atoms with Crippen LogP contribution < -0.4 is 4.90 Å². The van der Waals surface area contributed by atoms with Gasteiger partial charge in [-0.25, -0.2) is 9.97 Å². The molecule has 1 aromatic heterocycles. The average Bonchev–Trinajstić information content (AvgIpc) is 2.26. The fourth-order valence-electron chi connectivity index (χ4n) is 1.29. The summed E-state index contributed by atoms with van der Waals surface area (Å²) in [5.74, 6) is 1.60. The Kier molecular flexibility index (Phi) is 4.66. The molecule has 1 rings (SSSR count). The van der Waals surface area contributed by atoms with E-state index in [-0.39, 0.29) is 0 Å². The first kappa shape index (κ1) is 11.2. The number of halogens is 1. The minimum Gasteiger partial charge on any atom is -0.356 e. The molecule has 1 aromatic rings. The van der Waals surface area contributed by atoms with Gasteiger partial charge in [-0.05, 0) is 13.3 Å². The predicted molar refractivity (Wildman–Crippen MR) is 60.0 cm³/mol. The quantitative estimate of drug-likeness (QED) is 0.702. The van der Waals surface area contributed by atoms with E-state index >= 15 is 0 Å². The highest BCUT2D eigenvalue weighted by molar-refractivity contribution is 6.18. The summed E-state index contributed by atoms with van der Waals surface area (Å²) >= 11 is 5.71. The molecule has 14 heavy (non-hydrogen) atoms. The SMILES string of the molecule is CCc1cc(N(CC)CCCl)ncn1. The fraction of sp³-hybridized carbons (Fsp3) is 0.600. The maximum Gasteiger partial charge on any atom is 0.132 e. The topological polar surface area (TPSA) is 29.0 Å². The van der Waals surface area contributed by atoms with Gasteiger partial charge < -0.3 is 4.90 Å². The lowest BCUT2D eigenvalue weighted by atomic mass is 10.3. The largest absolute Gasteiger partial charge is 0.356 e. The zero-order chi connectivity index (χ0) is 10.4. The van der Waals surface area contributed by atoms with E-state index < -0.39 is 0 Å². The number of hydrogen-bond donors (Lipinski definition) is 0. The van der Waals surface area contributed by atoms with Crippen molar-refractivity contribution in [1.82, 2.24) is 9.97 Å². The van der Waals surface area contributed by atoms with Crippen molar-refractivity contribution in [3.05, 3.63) is 18.1 Å². The molecular weight excluding hydrogens is 198 g/mol. The molecule has 0 radical (unpaired) electrons. The van der Waals surface area contributed by atoms with E-state index in [1.807, 2.05) is 6.07 Å². The molecule has 78 valence electrons. The molecular formula is C10H16ClN3. The summed E-state index contributed by atoms with van der Waals surface area (Å²) in [5.41, 5.74) is 1.07. The van der Waals surface area contributed by atoms with Crippen molar-refractivity contribution in [2.24, 2.45) is 0 Å². The Morgan fingerprint density at radius 3 is 2.71 bits per heavy atom. The Morgan fingerprint density at radius 2 is 2.14 bits per heavy atom. The Morgan fingerprint density at radius 1 is 1.36 bits per heavy atom. The van der Waals surface area contributed by atoms with E-state index in [2.05, 4.69) is 28.7 Å². The molecule has 0 N–H and O–H groups in total.